The lowest BCUT2D eigenvalue weighted by atomic mass is 9.83. The van der Waals surface area contributed by atoms with Gasteiger partial charge in [0.25, 0.3) is 0 Å². The van der Waals surface area contributed by atoms with Crippen molar-refractivity contribution >= 4 is 17.1 Å². The highest BCUT2D eigenvalue weighted by Gasteiger charge is 2.33. The van der Waals surface area contributed by atoms with E-state index in [1.165, 1.54) is 23.3 Å². The fourth-order valence-electron chi connectivity index (χ4n) is 4.43. The molecule has 174 valence electrons. The van der Waals surface area contributed by atoms with Crippen molar-refractivity contribution in [1.82, 2.24) is 0 Å². The van der Waals surface area contributed by atoms with Crippen molar-refractivity contribution in [3.63, 3.8) is 0 Å². The molecule has 0 radical (unpaired) electrons. The van der Waals surface area contributed by atoms with E-state index in [9.17, 15) is 19.8 Å². The third-order valence-corrected chi connectivity index (χ3v) is 6.44. The van der Waals surface area contributed by atoms with E-state index < -0.39 is 11.6 Å². The molecule has 0 fully saturated rings. The van der Waals surface area contributed by atoms with Gasteiger partial charge >= 0.3 is 0 Å². The molecule has 4 nitrogen and oxygen atoms in total. The number of Topliss-reactive ketones (excluding diaryl/α,β-unsaturated/α-hetero) is 1. The van der Waals surface area contributed by atoms with E-state index in [4.69, 9.17) is 0 Å². The van der Waals surface area contributed by atoms with Crippen LogP contribution in [0.3, 0.4) is 0 Å². The monoisotopic (exact) mass is 454 g/mol. The molecule has 0 aliphatic heterocycles. The molecule has 0 aromatic heterocycles. The maximum atomic E-state index is 13.3. The summed E-state index contributed by atoms with van der Waals surface area (Å²) in [7, 11) is 0. The third-order valence-electron chi connectivity index (χ3n) is 6.44. The minimum absolute atomic E-state index is 0.140. The van der Waals surface area contributed by atoms with E-state index in [1.807, 2.05) is 48.5 Å². The number of aromatic hydroxyl groups is 2. The van der Waals surface area contributed by atoms with Gasteiger partial charge in [-0.25, -0.2) is 0 Å². The lowest BCUT2D eigenvalue weighted by Crippen LogP contribution is -2.17. The van der Waals surface area contributed by atoms with Crippen molar-refractivity contribution in [2.24, 2.45) is 0 Å². The molecule has 1 aliphatic carbocycles. The number of aryl methyl sites for hydroxylation is 2. The summed E-state index contributed by atoms with van der Waals surface area (Å²) in [4.78, 5) is 26.3. The average Bonchev–Trinajstić information content (AvgIpc) is 2.85. The van der Waals surface area contributed by atoms with Gasteiger partial charge in [-0.3, -0.25) is 9.59 Å². The molecular formula is C30H30O4. The summed E-state index contributed by atoms with van der Waals surface area (Å²) in [5, 5.41) is 21.8. The number of hydrogen-bond acceptors (Lipinski definition) is 4. The number of fused-ring (bicyclic) bond motifs is 1. The first-order chi connectivity index (χ1) is 16.4. The molecule has 0 heterocycles. The summed E-state index contributed by atoms with van der Waals surface area (Å²) in [5.41, 5.74) is 3.93. The number of carbonyl (C=O) groups is 2. The topological polar surface area (TPSA) is 74.6 Å². The Morgan fingerprint density at radius 2 is 1.24 bits per heavy atom. The zero-order valence-corrected chi connectivity index (χ0v) is 19.7. The fourth-order valence-corrected chi connectivity index (χ4v) is 4.43. The molecule has 4 heteroatoms. The van der Waals surface area contributed by atoms with Crippen LogP contribution < -0.4 is 0 Å². The van der Waals surface area contributed by atoms with Crippen molar-refractivity contribution in [2.75, 3.05) is 0 Å². The predicted molar refractivity (Wildman–Crippen MR) is 136 cm³/mol. The molecule has 0 saturated heterocycles. The molecule has 0 bridgehead atoms. The molecule has 3 aromatic rings. The van der Waals surface area contributed by atoms with Gasteiger partial charge in [-0.05, 0) is 60.1 Å². The molecule has 2 N–H and O–H groups in total. The summed E-state index contributed by atoms with van der Waals surface area (Å²) in [5.74, 6) is -1.54. The number of unbranched alkanes of at least 4 members (excludes halogenated alkanes) is 2. The standard InChI is InChI=1S/C30H30O4/c1-3-5-7-19-9-13-21(14-10-19)23-17-25(31)28-27(29(23)33)26(32)18-24(30(28)34)22-15-11-20(12-16-22)8-6-4-2/h9-18,31,33H,3-8H2,1-2H3. The van der Waals surface area contributed by atoms with Crippen molar-refractivity contribution < 1.29 is 19.8 Å². The zero-order chi connectivity index (χ0) is 24.2. The molecule has 0 unspecified atom stereocenters. The number of hydrogen-bond donors (Lipinski definition) is 2. The molecule has 3 aromatic carbocycles. The summed E-state index contributed by atoms with van der Waals surface area (Å²) < 4.78 is 0. The predicted octanol–water partition coefficient (Wildman–Crippen LogP) is 6.91. The lowest BCUT2D eigenvalue weighted by Gasteiger charge is -2.20. The van der Waals surface area contributed by atoms with E-state index >= 15 is 0 Å². The maximum Gasteiger partial charge on any atom is 0.198 e. The van der Waals surface area contributed by atoms with Crippen LogP contribution in [-0.2, 0) is 12.8 Å². The number of benzene rings is 3. The van der Waals surface area contributed by atoms with Gasteiger partial charge in [0.2, 0.25) is 0 Å². The second kappa shape index (κ2) is 10.1. The Kier molecular flexibility index (Phi) is 6.97. The summed E-state index contributed by atoms with van der Waals surface area (Å²) in [6.45, 7) is 4.28. The summed E-state index contributed by atoms with van der Waals surface area (Å²) >= 11 is 0. The van der Waals surface area contributed by atoms with Crippen molar-refractivity contribution in [1.29, 1.82) is 0 Å². The van der Waals surface area contributed by atoms with Crippen LogP contribution in [0.5, 0.6) is 11.5 Å². The number of rotatable bonds is 8. The highest BCUT2D eigenvalue weighted by Crippen LogP contribution is 2.43. The minimum atomic E-state index is -0.492. The van der Waals surface area contributed by atoms with E-state index in [1.54, 1.807) is 0 Å². The van der Waals surface area contributed by atoms with Gasteiger partial charge in [-0.2, -0.15) is 0 Å². The number of phenols is 2. The Labute approximate surface area is 200 Å². The highest BCUT2D eigenvalue weighted by molar-refractivity contribution is 6.40. The second-order valence-corrected chi connectivity index (χ2v) is 8.89. The van der Waals surface area contributed by atoms with Crippen LogP contribution in [0, 0.1) is 0 Å². The Balaban J connectivity index is 1.69. The van der Waals surface area contributed by atoms with Crippen LogP contribution in [0.1, 0.15) is 76.9 Å². The first-order valence-electron chi connectivity index (χ1n) is 12.0. The molecular weight excluding hydrogens is 424 g/mol. The molecule has 34 heavy (non-hydrogen) atoms. The molecule has 4 rings (SSSR count). The van der Waals surface area contributed by atoms with Gasteiger partial charge in [0, 0.05) is 11.1 Å². The van der Waals surface area contributed by atoms with E-state index in [0.29, 0.717) is 16.7 Å². The van der Waals surface area contributed by atoms with Crippen molar-refractivity contribution in [3.05, 3.63) is 88.5 Å². The maximum absolute atomic E-state index is 13.3. The largest absolute Gasteiger partial charge is 0.507 e. The molecule has 0 atom stereocenters. The SMILES string of the molecule is CCCCc1ccc(C2=CC(=O)c3c(O)c(-c4ccc(CCCC)cc4)cc(O)c3C2=O)cc1. The van der Waals surface area contributed by atoms with E-state index in [2.05, 4.69) is 13.8 Å². The van der Waals surface area contributed by atoms with Gasteiger partial charge < -0.3 is 10.2 Å². The van der Waals surface area contributed by atoms with Crippen LogP contribution >= 0.6 is 0 Å². The van der Waals surface area contributed by atoms with Gasteiger partial charge in [0.15, 0.2) is 11.6 Å². The highest BCUT2D eigenvalue weighted by atomic mass is 16.3. The second-order valence-electron chi connectivity index (χ2n) is 8.89. The van der Waals surface area contributed by atoms with Gasteiger partial charge in [0.05, 0.1) is 11.1 Å². The molecule has 0 amide bonds. The Bertz CT molecular complexity index is 1250. The zero-order valence-electron chi connectivity index (χ0n) is 19.7. The summed E-state index contributed by atoms with van der Waals surface area (Å²) in [6.07, 6.45) is 7.59. The van der Waals surface area contributed by atoms with Crippen LogP contribution in [0.4, 0.5) is 0 Å². The fraction of sp³-hybridized carbons (Fsp3) is 0.267. The Morgan fingerprint density at radius 1 is 0.706 bits per heavy atom. The molecule has 1 aliphatic rings. The minimum Gasteiger partial charge on any atom is -0.507 e. The van der Waals surface area contributed by atoms with E-state index in [0.717, 1.165) is 38.5 Å². The third kappa shape index (κ3) is 4.54. The first-order valence-corrected chi connectivity index (χ1v) is 12.0. The van der Waals surface area contributed by atoms with Crippen molar-refractivity contribution in [2.45, 2.75) is 52.4 Å². The van der Waals surface area contributed by atoms with Crippen LogP contribution in [-0.4, -0.2) is 21.8 Å². The van der Waals surface area contributed by atoms with Gasteiger partial charge in [-0.15, -0.1) is 0 Å². The van der Waals surface area contributed by atoms with Crippen LogP contribution in [0.15, 0.2) is 60.7 Å². The van der Waals surface area contributed by atoms with Crippen LogP contribution in [0.25, 0.3) is 16.7 Å². The van der Waals surface area contributed by atoms with Gasteiger partial charge in [0.1, 0.15) is 11.5 Å². The average molecular weight is 455 g/mol. The van der Waals surface area contributed by atoms with Gasteiger partial charge in [-0.1, -0.05) is 75.2 Å². The number of ketones is 2. The molecule has 0 saturated carbocycles. The normalized spacial score (nSPS) is 13.1. The lowest BCUT2D eigenvalue weighted by molar-refractivity contribution is 0.0997. The Hall–Kier alpha value is -3.66. The molecule has 0 spiro atoms. The van der Waals surface area contributed by atoms with Crippen LogP contribution in [0.2, 0.25) is 0 Å². The van der Waals surface area contributed by atoms with Crippen molar-refractivity contribution in [3.8, 4) is 22.6 Å². The van der Waals surface area contributed by atoms with E-state index in [-0.39, 0.29) is 28.2 Å². The number of carbonyl (C=O) groups excluding carboxylic acids is 2. The quantitative estimate of drug-likeness (QED) is 0.363. The number of phenolic OH excluding ortho intramolecular Hbond substituents is 2. The first kappa shape index (κ1) is 23.5. The summed E-state index contributed by atoms with van der Waals surface area (Å²) in [6, 6.07) is 16.7. The number of allylic oxidation sites excluding steroid dienone is 2. The smallest absolute Gasteiger partial charge is 0.198 e. The Morgan fingerprint density at radius 3 is 1.76 bits per heavy atom.